The van der Waals surface area contributed by atoms with Crippen molar-refractivity contribution < 1.29 is 21.9 Å². The zero-order chi connectivity index (χ0) is 18.2. The van der Waals surface area contributed by atoms with Gasteiger partial charge in [0.25, 0.3) is 0 Å². The Labute approximate surface area is 144 Å². The summed E-state index contributed by atoms with van der Waals surface area (Å²) >= 11 is -2.41. The second-order valence-corrected chi connectivity index (χ2v) is 6.36. The molecule has 4 nitrogen and oxygen atoms in total. The van der Waals surface area contributed by atoms with E-state index in [9.17, 15) is 21.9 Å². The maximum Gasteiger partial charge on any atom is 0.435 e. The van der Waals surface area contributed by atoms with E-state index in [1.165, 1.54) is 24.3 Å². The Morgan fingerprint density at radius 1 is 1.04 bits per heavy atom. The smallest absolute Gasteiger partial charge is 0.435 e. The van der Waals surface area contributed by atoms with E-state index in [2.05, 4.69) is 5.10 Å². The van der Waals surface area contributed by atoms with Gasteiger partial charge in [-0.3, -0.25) is 4.21 Å². The van der Waals surface area contributed by atoms with Crippen LogP contribution in [0.25, 0.3) is 16.9 Å². The second kappa shape index (κ2) is 6.45. The molecule has 2 aromatic carbocycles. The lowest BCUT2D eigenvalue weighted by molar-refractivity contribution is -0.141. The molecule has 0 saturated carbocycles. The van der Waals surface area contributed by atoms with Crippen molar-refractivity contribution in [2.24, 2.45) is 0 Å². The van der Waals surface area contributed by atoms with Crippen molar-refractivity contribution >= 4 is 11.1 Å². The number of hydrogen-bond donors (Lipinski definition) is 0. The molecule has 1 atom stereocenters. The molecule has 0 bridgehead atoms. The molecule has 3 rings (SSSR count). The Balaban J connectivity index is 2.15. The van der Waals surface area contributed by atoms with Crippen LogP contribution >= 0.6 is 0 Å². The van der Waals surface area contributed by atoms with E-state index in [-0.39, 0.29) is 10.6 Å². The fourth-order valence-electron chi connectivity index (χ4n) is 2.34. The number of aromatic nitrogens is 2. The van der Waals surface area contributed by atoms with Crippen molar-refractivity contribution in [1.82, 2.24) is 9.78 Å². The van der Waals surface area contributed by atoms with E-state index in [0.717, 1.165) is 16.3 Å². The Hall–Kier alpha value is -2.45. The third-order valence-electron chi connectivity index (χ3n) is 3.62. The Kier molecular flexibility index (Phi) is 4.49. The summed E-state index contributed by atoms with van der Waals surface area (Å²) in [4.78, 5) is 0.0452. The van der Waals surface area contributed by atoms with Gasteiger partial charge >= 0.3 is 6.18 Å². The molecule has 8 heteroatoms. The van der Waals surface area contributed by atoms with Gasteiger partial charge < -0.3 is 4.55 Å². The lowest BCUT2D eigenvalue weighted by Gasteiger charge is -2.10. The minimum Gasteiger partial charge on any atom is -0.768 e. The maximum atomic E-state index is 13.1. The van der Waals surface area contributed by atoms with Crippen molar-refractivity contribution in [2.45, 2.75) is 18.0 Å². The van der Waals surface area contributed by atoms with Crippen molar-refractivity contribution in [3.05, 3.63) is 65.9 Å². The van der Waals surface area contributed by atoms with Crippen LogP contribution in [0.15, 0.2) is 59.5 Å². The van der Waals surface area contributed by atoms with E-state index in [1.807, 2.05) is 6.92 Å². The van der Waals surface area contributed by atoms with Crippen LogP contribution in [0.3, 0.4) is 0 Å². The van der Waals surface area contributed by atoms with E-state index in [0.29, 0.717) is 11.3 Å². The number of rotatable bonds is 3. The van der Waals surface area contributed by atoms with Crippen molar-refractivity contribution in [3.63, 3.8) is 0 Å². The molecule has 0 spiro atoms. The van der Waals surface area contributed by atoms with Crippen LogP contribution in [-0.2, 0) is 17.3 Å². The Bertz CT molecular complexity index is 917. The van der Waals surface area contributed by atoms with Crippen molar-refractivity contribution in [3.8, 4) is 16.9 Å². The molecule has 0 fully saturated rings. The van der Waals surface area contributed by atoms with Gasteiger partial charge in [-0.05, 0) is 48.3 Å². The summed E-state index contributed by atoms with van der Waals surface area (Å²) in [6, 6.07) is 13.4. The number of benzene rings is 2. The van der Waals surface area contributed by atoms with Crippen LogP contribution in [-0.4, -0.2) is 18.5 Å². The quantitative estimate of drug-likeness (QED) is 0.657. The third-order valence-corrected chi connectivity index (χ3v) is 4.28. The number of alkyl halides is 3. The molecule has 0 aliphatic carbocycles. The largest absolute Gasteiger partial charge is 0.768 e. The van der Waals surface area contributed by atoms with Crippen LogP contribution in [0.5, 0.6) is 0 Å². The molecular formula is C17H12F3N2O2S-. The van der Waals surface area contributed by atoms with Gasteiger partial charge in [0, 0.05) is 10.5 Å². The van der Waals surface area contributed by atoms with Crippen molar-refractivity contribution in [2.75, 3.05) is 0 Å². The van der Waals surface area contributed by atoms with Crippen LogP contribution < -0.4 is 0 Å². The van der Waals surface area contributed by atoms with E-state index in [4.69, 9.17) is 0 Å². The molecule has 25 heavy (non-hydrogen) atoms. The van der Waals surface area contributed by atoms with Crippen LogP contribution in [0.2, 0.25) is 0 Å². The minimum absolute atomic E-state index is 0.0452. The summed E-state index contributed by atoms with van der Waals surface area (Å²) in [5.74, 6) is 0. The molecular weight excluding hydrogens is 353 g/mol. The summed E-state index contributed by atoms with van der Waals surface area (Å²) < 4.78 is 62.3. The Morgan fingerprint density at radius 3 is 2.16 bits per heavy atom. The van der Waals surface area contributed by atoms with Gasteiger partial charge in [-0.25, -0.2) is 4.68 Å². The first-order valence-corrected chi connectivity index (χ1v) is 8.27. The summed E-state index contributed by atoms with van der Waals surface area (Å²) in [5, 5.41) is 3.66. The minimum atomic E-state index is -4.58. The molecule has 0 aliphatic rings. The fraction of sp³-hybridized carbons (Fsp3) is 0.118. The topological polar surface area (TPSA) is 58.0 Å². The zero-order valence-electron chi connectivity index (χ0n) is 12.9. The third kappa shape index (κ3) is 3.64. The first-order valence-electron chi connectivity index (χ1n) is 7.20. The fourth-order valence-corrected chi connectivity index (χ4v) is 2.70. The average Bonchev–Trinajstić information content (AvgIpc) is 3.01. The van der Waals surface area contributed by atoms with Gasteiger partial charge in [0.15, 0.2) is 5.69 Å². The normalized spacial score (nSPS) is 13.0. The number of aryl methyl sites for hydroxylation is 1. The molecule has 0 N–H and O–H groups in total. The molecule has 0 saturated heterocycles. The van der Waals surface area contributed by atoms with Gasteiger partial charge in [-0.1, -0.05) is 29.8 Å². The molecule has 1 heterocycles. The summed E-state index contributed by atoms with van der Waals surface area (Å²) in [6.07, 6.45) is -4.58. The summed E-state index contributed by atoms with van der Waals surface area (Å²) in [5.41, 5.74) is 1.14. The summed E-state index contributed by atoms with van der Waals surface area (Å²) in [7, 11) is 0. The Morgan fingerprint density at radius 2 is 1.64 bits per heavy atom. The predicted molar refractivity (Wildman–Crippen MR) is 85.9 cm³/mol. The second-order valence-electron chi connectivity index (χ2n) is 5.42. The summed E-state index contributed by atoms with van der Waals surface area (Å²) in [6.45, 7) is 1.88. The molecule has 1 aromatic heterocycles. The average molecular weight is 365 g/mol. The van der Waals surface area contributed by atoms with E-state index in [1.54, 1.807) is 24.3 Å². The standard InChI is InChI=1S/C17H13F3N2O2S/c1-11-2-4-12(5-3-11)15-10-16(17(18,19)20)21-22(15)13-6-8-14(9-7-13)25(23)24/h2-10H,1H3,(H,23,24)/p-1. The molecule has 0 aliphatic heterocycles. The number of halogens is 3. The highest BCUT2D eigenvalue weighted by Gasteiger charge is 2.35. The van der Waals surface area contributed by atoms with Gasteiger partial charge in [0.1, 0.15) is 0 Å². The van der Waals surface area contributed by atoms with Gasteiger partial charge in [-0.2, -0.15) is 18.3 Å². The SMILES string of the molecule is Cc1ccc(-c2cc(C(F)(F)F)nn2-c2ccc(S(=O)[O-])cc2)cc1. The van der Waals surface area contributed by atoms with Crippen LogP contribution in [0.4, 0.5) is 13.2 Å². The van der Waals surface area contributed by atoms with E-state index < -0.39 is 23.0 Å². The molecule has 1 unspecified atom stereocenters. The highest BCUT2D eigenvalue weighted by atomic mass is 32.2. The molecule has 130 valence electrons. The predicted octanol–water partition coefficient (Wildman–Crippen LogP) is 4.10. The number of hydrogen-bond acceptors (Lipinski definition) is 3. The first-order chi connectivity index (χ1) is 11.8. The maximum absolute atomic E-state index is 13.1. The lowest BCUT2D eigenvalue weighted by atomic mass is 10.1. The molecule has 3 aromatic rings. The van der Waals surface area contributed by atoms with E-state index >= 15 is 0 Å². The first kappa shape index (κ1) is 17.4. The van der Waals surface area contributed by atoms with Gasteiger partial charge in [0.05, 0.1) is 11.4 Å². The monoisotopic (exact) mass is 365 g/mol. The number of nitrogens with zero attached hydrogens (tertiary/aromatic N) is 2. The lowest BCUT2D eigenvalue weighted by Crippen LogP contribution is -2.07. The zero-order valence-corrected chi connectivity index (χ0v) is 13.8. The van der Waals surface area contributed by atoms with Crippen LogP contribution in [0, 0.1) is 6.92 Å². The van der Waals surface area contributed by atoms with Crippen molar-refractivity contribution in [1.29, 1.82) is 0 Å². The van der Waals surface area contributed by atoms with Crippen LogP contribution in [0.1, 0.15) is 11.3 Å². The van der Waals surface area contributed by atoms with Gasteiger partial charge in [-0.15, -0.1) is 0 Å². The van der Waals surface area contributed by atoms with Gasteiger partial charge in [0.2, 0.25) is 0 Å². The highest BCUT2D eigenvalue weighted by molar-refractivity contribution is 7.79. The highest BCUT2D eigenvalue weighted by Crippen LogP contribution is 2.33. The molecule has 0 amide bonds. The molecule has 0 radical (unpaired) electrons.